The van der Waals surface area contributed by atoms with Crippen LogP contribution in [0.4, 0.5) is 0 Å². The Hall–Kier alpha value is -0.0800. The van der Waals surface area contributed by atoms with E-state index >= 15 is 0 Å². The Balaban J connectivity index is 2.42. The third-order valence-electron chi connectivity index (χ3n) is 3.58. The maximum Gasteiger partial charge on any atom is 0.0217 e. The molecular formula is C13H28N2. The van der Waals surface area contributed by atoms with E-state index in [9.17, 15) is 0 Å². The van der Waals surface area contributed by atoms with Gasteiger partial charge in [0.2, 0.25) is 0 Å². The largest absolute Gasteiger partial charge is 0.312 e. The van der Waals surface area contributed by atoms with E-state index in [0.717, 1.165) is 11.8 Å². The molecule has 1 aliphatic rings. The summed E-state index contributed by atoms with van der Waals surface area (Å²) in [5.74, 6) is 1.60. The van der Waals surface area contributed by atoms with Gasteiger partial charge in [-0.3, -0.25) is 0 Å². The first-order chi connectivity index (χ1) is 7.13. The molecule has 1 aliphatic heterocycles. The smallest absolute Gasteiger partial charge is 0.0217 e. The highest BCUT2D eigenvalue weighted by Gasteiger charge is 2.20. The molecule has 0 aromatic carbocycles. The lowest BCUT2D eigenvalue weighted by Gasteiger charge is -2.28. The molecule has 0 radical (unpaired) electrons. The molecule has 0 spiro atoms. The minimum absolute atomic E-state index is 0.691. The van der Waals surface area contributed by atoms with E-state index in [1.54, 1.807) is 0 Å². The number of nitrogens with zero attached hydrogens (tertiary/aromatic N) is 1. The normalized spacial score (nSPS) is 26.6. The van der Waals surface area contributed by atoms with Crippen LogP contribution in [0.2, 0.25) is 0 Å². The van der Waals surface area contributed by atoms with E-state index in [1.807, 2.05) is 0 Å². The average Bonchev–Trinajstić information content (AvgIpc) is 2.43. The van der Waals surface area contributed by atoms with Crippen molar-refractivity contribution in [3.8, 4) is 0 Å². The van der Waals surface area contributed by atoms with Gasteiger partial charge in [-0.1, -0.05) is 34.1 Å². The maximum absolute atomic E-state index is 3.66. The van der Waals surface area contributed by atoms with Gasteiger partial charge in [-0.2, -0.15) is 0 Å². The van der Waals surface area contributed by atoms with Crippen molar-refractivity contribution in [2.45, 2.75) is 46.6 Å². The molecule has 90 valence electrons. The van der Waals surface area contributed by atoms with Gasteiger partial charge in [0.05, 0.1) is 0 Å². The Kier molecular flexibility index (Phi) is 5.62. The number of nitrogens with one attached hydrogen (secondary N) is 1. The fraction of sp³-hybridized carbons (Fsp3) is 1.00. The Morgan fingerprint density at radius 1 is 1.33 bits per heavy atom. The van der Waals surface area contributed by atoms with Crippen molar-refractivity contribution >= 4 is 0 Å². The van der Waals surface area contributed by atoms with Crippen LogP contribution in [0.15, 0.2) is 0 Å². The quantitative estimate of drug-likeness (QED) is 0.769. The van der Waals surface area contributed by atoms with Gasteiger partial charge in [0.15, 0.2) is 0 Å². The topological polar surface area (TPSA) is 15.3 Å². The highest BCUT2D eigenvalue weighted by Crippen LogP contribution is 2.11. The molecule has 0 saturated carbocycles. The van der Waals surface area contributed by atoms with Crippen LogP contribution in [0.1, 0.15) is 40.5 Å². The summed E-state index contributed by atoms with van der Waals surface area (Å²) in [7, 11) is 0. The van der Waals surface area contributed by atoms with Crippen molar-refractivity contribution in [2.75, 3.05) is 26.2 Å². The monoisotopic (exact) mass is 212 g/mol. The third-order valence-corrected chi connectivity index (χ3v) is 3.58. The molecule has 2 unspecified atom stereocenters. The minimum Gasteiger partial charge on any atom is -0.312 e. The molecular weight excluding hydrogens is 184 g/mol. The Morgan fingerprint density at radius 2 is 2.07 bits per heavy atom. The number of rotatable bonds is 4. The second-order valence-corrected chi connectivity index (χ2v) is 5.43. The summed E-state index contributed by atoms with van der Waals surface area (Å²) >= 11 is 0. The summed E-state index contributed by atoms with van der Waals surface area (Å²) in [5, 5.41) is 3.66. The number of hydrogen-bond acceptors (Lipinski definition) is 2. The first-order valence-electron chi connectivity index (χ1n) is 6.59. The summed E-state index contributed by atoms with van der Waals surface area (Å²) < 4.78 is 0. The predicted octanol–water partition coefficient (Wildman–Crippen LogP) is 2.35. The molecule has 1 N–H and O–H groups in total. The zero-order valence-electron chi connectivity index (χ0n) is 10.9. The van der Waals surface area contributed by atoms with Gasteiger partial charge in [-0.25, -0.2) is 0 Å². The van der Waals surface area contributed by atoms with Crippen LogP contribution in [0.3, 0.4) is 0 Å². The molecule has 2 atom stereocenters. The Labute approximate surface area is 95.4 Å². The van der Waals surface area contributed by atoms with Crippen LogP contribution in [-0.2, 0) is 0 Å². The van der Waals surface area contributed by atoms with Crippen LogP contribution < -0.4 is 5.32 Å². The molecule has 1 fully saturated rings. The minimum atomic E-state index is 0.691. The molecule has 0 aromatic heterocycles. The molecule has 1 rings (SSSR count). The van der Waals surface area contributed by atoms with Crippen LogP contribution in [-0.4, -0.2) is 37.1 Å². The summed E-state index contributed by atoms with van der Waals surface area (Å²) in [5.41, 5.74) is 0. The van der Waals surface area contributed by atoms with Crippen molar-refractivity contribution in [2.24, 2.45) is 11.8 Å². The van der Waals surface area contributed by atoms with Crippen molar-refractivity contribution in [3.05, 3.63) is 0 Å². The second kappa shape index (κ2) is 6.49. The lowest BCUT2D eigenvalue weighted by molar-refractivity contribution is 0.215. The van der Waals surface area contributed by atoms with E-state index < -0.39 is 0 Å². The summed E-state index contributed by atoms with van der Waals surface area (Å²) in [6.07, 6.45) is 2.61. The zero-order chi connectivity index (χ0) is 11.3. The fourth-order valence-electron chi connectivity index (χ4n) is 2.21. The maximum atomic E-state index is 3.66. The van der Waals surface area contributed by atoms with Crippen LogP contribution in [0.5, 0.6) is 0 Å². The van der Waals surface area contributed by atoms with Crippen LogP contribution >= 0.6 is 0 Å². The van der Waals surface area contributed by atoms with Crippen molar-refractivity contribution in [1.29, 1.82) is 0 Å². The number of hydrogen-bond donors (Lipinski definition) is 1. The predicted molar refractivity (Wildman–Crippen MR) is 67.1 cm³/mol. The molecule has 0 amide bonds. The van der Waals surface area contributed by atoms with E-state index in [-0.39, 0.29) is 0 Å². The average molecular weight is 212 g/mol. The Bertz CT molecular complexity index is 168. The highest BCUT2D eigenvalue weighted by atomic mass is 15.2. The zero-order valence-corrected chi connectivity index (χ0v) is 10.9. The standard InChI is InChI=1S/C13H28N2/c1-5-12(4)9-15-8-6-7-14-13(10-15)11(2)3/h11-14H,5-10H2,1-4H3. The van der Waals surface area contributed by atoms with E-state index in [4.69, 9.17) is 0 Å². The SMILES string of the molecule is CCC(C)CN1CCCNC(C(C)C)C1. The van der Waals surface area contributed by atoms with Gasteiger partial charge in [0, 0.05) is 19.1 Å². The van der Waals surface area contributed by atoms with Crippen LogP contribution in [0.25, 0.3) is 0 Å². The van der Waals surface area contributed by atoms with E-state index in [0.29, 0.717) is 6.04 Å². The van der Waals surface area contributed by atoms with Gasteiger partial charge in [0.25, 0.3) is 0 Å². The molecule has 0 bridgehead atoms. The van der Waals surface area contributed by atoms with E-state index in [2.05, 4.69) is 37.9 Å². The molecule has 0 aromatic rings. The van der Waals surface area contributed by atoms with Gasteiger partial charge >= 0.3 is 0 Å². The van der Waals surface area contributed by atoms with Crippen molar-refractivity contribution in [3.63, 3.8) is 0 Å². The first kappa shape index (κ1) is 13.0. The lowest BCUT2D eigenvalue weighted by atomic mass is 10.0. The Morgan fingerprint density at radius 3 is 2.67 bits per heavy atom. The van der Waals surface area contributed by atoms with E-state index in [1.165, 1.54) is 39.0 Å². The molecule has 1 heterocycles. The van der Waals surface area contributed by atoms with Gasteiger partial charge in [-0.15, -0.1) is 0 Å². The van der Waals surface area contributed by atoms with Gasteiger partial charge in [-0.05, 0) is 31.3 Å². The molecule has 0 aliphatic carbocycles. The highest BCUT2D eigenvalue weighted by molar-refractivity contribution is 4.79. The molecule has 1 saturated heterocycles. The summed E-state index contributed by atoms with van der Waals surface area (Å²) in [6, 6.07) is 0.691. The summed E-state index contributed by atoms with van der Waals surface area (Å²) in [4.78, 5) is 2.65. The van der Waals surface area contributed by atoms with Crippen molar-refractivity contribution < 1.29 is 0 Å². The summed E-state index contributed by atoms with van der Waals surface area (Å²) in [6.45, 7) is 14.3. The third kappa shape index (κ3) is 4.52. The second-order valence-electron chi connectivity index (χ2n) is 5.43. The molecule has 2 heteroatoms. The fourth-order valence-corrected chi connectivity index (χ4v) is 2.21. The van der Waals surface area contributed by atoms with Gasteiger partial charge < -0.3 is 10.2 Å². The van der Waals surface area contributed by atoms with Gasteiger partial charge in [0.1, 0.15) is 0 Å². The van der Waals surface area contributed by atoms with Crippen LogP contribution in [0, 0.1) is 11.8 Å². The molecule has 2 nitrogen and oxygen atoms in total. The molecule has 15 heavy (non-hydrogen) atoms. The first-order valence-corrected chi connectivity index (χ1v) is 6.59. The van der Waals surface area contributed by atoms with Crippen molar-refractivity contribution in [1.82, 2.24) is 10.2 Å². The lowest BCUT2D eigenvalue weighted by Crippen LogP contribution is -2.42.